The smallest absolute Gasteiger partial charge is 0.266 e. The number of carbonyl (C=O) groups is 4. The molecule has 164 valence electrons. The lowest BCUT2D eigenvalue weighted by Gasteiger charge is -2.27. The first kappa shape index (κ1) is 20.8. The Morgan fingerprint density at radius 3 is 1.76 bits per heavy atom. The first-order valence-corrected chi connectivity index (χ1v) is 10.7. The summed E-state index contributed by atoms with van der Waals surface area (Å²) < 4.78 is 0. The molecule has 6 heteroatoms. The monoisotopic (exact) mass is 438 g/mol. The number of imide groups is 2. The summed E-state index contributed by atoms with van der Waals surface area (Å²) in [6, 6.07) is 17.9. The summed E-state index contributed by atoms with van der Waals surface area (Å²) in [4.78, 5) is 53.3. The maximum Gasteiger partial charge on any atom is 0.266 e. The van der Waals surface area contributed by atoms with Gasteiger partial charge in [-0.3, -0.25) is 24.1 Å². The summed E-state index contributed by atoms with van der Waals surface area (Å²) in [5.74, 6) is -1.32. The Bertz CT molecular complexity index is 1400. The van der Waals surface area contributed by atoms with Crippen molar-refractivity contribution in [2.75, 3.05) is 11.9 Å². The fourth-order valence-electron chi connectivity index (χ4n) is 4.55. The van der Waals surface area contributed by atoms with E-state index in [1.807, 2.05) is 51.1 Å². The molecule has 3 aromatic rings. The highest BCUT2D eigenvalue weighted by Gasteiger charge is 2.39. The number of fused-ring (bicyclic) bond motifs is 2. The number of carbonyl (C=O) groups excluding carboxylic acids is 4. The third-order valence-electron chi connectivity index (χ3n) is 6.68. The van der Waals surface area contributed by atoms with Crippen molar-refractivity contribution in [3.8, 4) is 0 Å². The van der Waals surface area contributed by atoms with Gasteiger partial charge in [0, 0.05) is 12.5 Å². The minimum atomic E-state index is -0.575. The van der Waals surface area contributed by atoms with Gasteiger partial charge in [-0.1, -0.05) is 38.1 Å². The lowest BCUT2D eigenvalue weighted by Crippen LogP contribution is -2.29. The number of amides is 4. The van der Waals surface area contributed by atoms with Gasteiger partial charge in [-0.15, -0.1) is 0 Å². The van der Waals surface area contributed by atoms with Gasteiger partial charge in [0.05, 0.1) is 27.9 Å². The van der Waals surface area contributed by atoms with E-state index in [2.05, 4.69) is 0 Å². The molecular formula is C27H22N2O4. The lowest BCUT2D eigenvalue weighted by atomic mass is 9.76. The fraction of sp³-hybridized carbons (Fsp3) is 0.185. The maximum atomic E-state index is 13.2. The number of nitrogens with zero attached hydrogens (tertiary/aromatic N) is 2. The SMILES string of the molecule is Cc1cccc(N2C(=O)c3ccc(C(C)(C)c4ccc5c(c4)C(=O)N(C)C5=O)cc3C2=O)c1. The molecule has 33 heavy (non-hydrogen) atoms. The van der Waals surface area contributed by atoms with Crippen molar-refractivity contribution in [2.45, 2.75) is 26.2 Å². The number of benzene rings is 3. The Balaban J connectivity index is 1.55. The Morgan fingerprint density at radius 2 is 1.15 bits per heavy atom. The summed E-state index contributed by atoms with van der Waals surface area (Å²) in [6.45, 7) is 5.89. The molecule has 0 bridgehead atoms. The van der Waals surface area contributed by atoms with E-state index < -0.39 is 5.41 Å². The van der Waals surface area contributed by atoms with Crippen molar-refractivity contribution >= 4 is 29.3 Å². The van der Waals surface area contributed by atoms with Crippen LogP contribution in [0, 0.1) is 6.92 Å². The van der Waals surface area contributed by atoms with E-state index in [9.17, 15) is 19.2 Å². The van der Waals surface area contributed by atoms with Crippen molar-refractivity contribution in [2.24, 2.45) is 0 Å². The van der Waals surface area contributed by atoms with Crippen molar-refractivity contribution in [3.63, 3.8) is 0 Å². The Hall–Kier alpha value is -4.06. The average molecular weight is 438 g/mol. The van der Waals surface area contributed by atoms with E-state index in [4.69, 9.17) is 0 Å². The second-order valence-electron chi connectivity index (χ2n) is 9.10. The first-order valence-electron chi connectivity index (χ1n) is 10.7. The molecule has 6 nitrogen and oxygen atoms in total. The number of anilines is 1. The number of rotatable bonds is 3. The van der Waals surface area contributed by atoms with Gasteiger partial charge < -0.3 is 0 Å². The molecule has 0 saturated carbocycles. The zero-order valence-electron chi connectivity index (χ0n) is 18.8. The zero-order valence-corrected chi connectivity index (χ0v) is 18.8. The molecular weight excluding hydrogens is 416 g/mol. The van der Waals surface area contributed by atoms with E-state index in [0.29, 0.717) is 27.9 Å². The predicted octanol–water partition coefficient (Wildman–Crippen LogP) is 4.35. The van der Waals surface area contributed by atoms with Gasteiger partial charge in [0.1, 0.15) is 0 Å². The largest absolute Gasteiger partial charge is 0.277 e. The van der Waals surface area contributed by atoms with E-state index in [1.165, 1.54) is 11.9 Å². The van der Waals surface area contributed by atoms with Crippen LogP contribution in [-0.2, 0) is 5.41 Å². The third kappa shape index (κ3) is 2.94. The molecule has 0 fully saturated rings. The lowest BCUT2D eigenvalue weighted by molar-refractivity contribution is 0.0692. The molecule has 0 N–H and O–H groups in total. The Morgan fingerprint density at radius 1 is 0.636 bits per heavy atom. The van der Waals surface area contributed by atoms with Crippen LogP contribution in [0.4, 0.5) is 5.69 Å². The minimum Gasteiger partial charge on any atom is -0.277 e. The normalized spacial score (nSPS) is 15.4. The van der Waals surface area contributed by atoms with Gasteiger partial charge in [0.15, 0.2) is 0 Å². The maximum absolute atomic E-state index is 13.2. The van der Waals surface area contributed by atoms with Crippen LogP contribution in [-0.4, -0.2) is 35.6 Å². The van der Waals surface area contributed by atoms with Gasteiger partial charge >= 0.3 is 0 Å². The third-order valence-corrected chi connectivity index (χ3v) is 6.68. The summed E-state index contributed by atoms with van der Waals surface area (Å²) >= 11 is 0. The number of hydrogen-bond donors (Lipinski definition) is 0. The van der Waals surface area contributed by atoms with Crippen LogP contribution in [0.5, 0.6) is 0 Å². The van der Waals surface area contributed by atoms with E-state index in [1.54, 1.807) is 30.3 Å². The standard InChI is InChI=1S/C27H22N2O4/c1-15-6-5-7-18(12-15)29-25(32)20-11-9-17(14-22(20)26(29)33)27(2,3)16-8-10-19-21(13-16)24(31)28(4)23(19)30/h5-14H,1-4H3. The van der Waals surface area contributed by atoms with Crippen molar-refractivity contribution in [1.82, 2.24) is 4.90 Å². The van der Waals surface area contributed by atoms with Crippen LogP contribution in [0.2, 0.25) is 0 Å². The molecule has 3 aromatic carbocycles. The fourth-order valence-corrected chi connectivity index (χ4v) is 4.55. The van der Waals surface area contributed by atoms with Crippen molar-refractivity contribution in [1.29, 1.82) is 0 Å². The summed E-state index contributed by atoms with van der Waals surface area (Å²) in [7, 11) is 1.47. The van der Waals surface area contributed by atoms with Gasteiger partial charge in [0.2, 0.25) is 0 Å². The van der Waals surface area contributed by atoms with E-state index in [-0.39, 0.29) is 23.6 Å². The molecule has 0 atom stereocenters. The molecule has 2 aliphatic rings. The molecule has 0 unspecified atom stereocenters. The molecule has 0 aromatic heterocycles. The summed E-state index contributed by atoms with van der Waals surface area (Å²) in [5.41, 5.74) is 4.11. The zero-order chi connectivity index (χ0) is 23.7. The van der Waals surface area contributed by atoms with Crippen LogP contribution >= 0.6 is 0 Å². The Kier molecular flexibility index (Phi) is 4.40. The van der Waals surface area contributed by atoms with Crippen LogP contribution in [0.1, 0.15) is 72.0 Å². The molecule has 0 radical (unpaired) electrons. The molecule has 2 heterocycles. The summed E-state index contributed by atoms with van der Waals surface area (Å²) in [5, 5.41) is 0. The molecule has 0 saturated heterocycles. The second-order valence-corrected chi connectivity index (χ2v) is 9.10. The first-order chi connectivity index (χ1) is 15.6. The number of hydrogen-bond acceptors (Lipinski definition) is 4. The van der Waals surface area contributed by atoms with Crippen LogP contribution in [0.25, 0.3) is 0 Å². The molecule has 2 aliphatic heterocycles. The Labute approximate surface area is 191 Å². The topological polar surface area (TPSA) is 74.8 Å². The van der Waals surface area contributed by atoms with Gasteiger partial charge in [-0.05, 0) is 60.0 Å². The molecule has 0 spiro atoms. The molecule has 4 amide bonds. The average Bonchev–Trinajstić information content (AvgIpc) is 3.18. The minimum absolute atomic E-state index is 0.308. The van der Waals surface area contributed by atoms with Crippen LogP contribution in [0.3, 0.4) is 0 Å². The predicted molar refractivity (Wildman–Crippen MR) is 124 cm³/mol. The van der Waals surface area contributed by atoms with Gasteiger partial charge in [-0.2, -0.15) is 0 Å². The van der Waals surface area contributed by atoms with Crippen LogP contribution in [0.15, 0.2) is 60.7 Å². The van der Waals surface area contributed by atoms with Gasteiger partial charge in [-0.25, -0.2) is 4.90 Å². The number of aryl methyl sites for hydroxylation is 1. The van der Waals surface area contributed by atoms with Crippen molar-refractivity contribution in [3.05, 3.63) is 99.6 Å². The van der Waals surface area contributed by atoms with Crippen LogP contribution < -0.4 is 4.90 Å². The van der Waals surface area contributed by atoms with Crippen molar-refractivity contribution < 1.29 is 19.2 Å². The van der Waals surface area contributed by atoms with E-state index >= 15 is 0 Å². The summed E-state index contributed by atoms with van der Waals surface area (Å²) in [6.07, 6.45) is 0. The quantitative estimate of drug-likeness (QED) is 0.570. The second kappa shape index (κ2) is 6.97. The highest BCUT2D eigenvalue weighted by molar-refractivity contribution is 6.34. The van der Waals surface area contributed by atoms with E-state index in [0.717, 1.165) is 21.6 Å². The molecule has 0 aliphatic carbocycles. The highest BCUT2D eigenvalue weighted by atomic mass is 16.2. The highest BCUT2D eigenvalue weighted by Crippen LogP contribution is 2.37. The molecule has 5 rings (SSSR count). The van der Waals surface area contributed by atoms with Gasteiger partial charge in [0.25, 0.3) is 23.6 Å².